The van der Waals surface area contributed by atoms with E-state index in [2.05, 4.69) is 9.64 Å². The van der Waals surface area contributed by atoms with Crippen LogP contribution in [0.2, 0.25) is 0 Å². The molecule has 0 aliphatic rings. The van der Waals surface area contributed by atoms with Crippen molar-refractivity contribution in [1.29, 1.82) is 0 Å². The number of methoxy groups -OCH3 is 1. The van der Waals surface area contributed by atoms with Gasteiger partial charge in [0.15, 0.2) is 0 Å². The zero-order chi connectivity index (χ0) is 23.1. The van der Waals surface area contributed by atoms with Crippen molar-refractivity contribution in [3.05, 3.63) is 98.2 Å². The molecule has 0 radical (unpaired) electrons. The Kier molecular flexibility index (Phi) is 7.62. The van der Waals surface area contributed by atoms with E-state index in [4.69, 9.17) is 5.73 Å². The summed E-state index contributed by atoms with van der Waals surface area (Å²) in [6.07, 6.45) is 0. The van der Waals surface area contributed by atoms with Crippen LogP contribution < -0.4 is 17.0 Å². The molecule has 8 nitrogen and oxygen atoms in total. The van der Waals surface area contributed by atoms with Crippen molar-refractivity contribution in [3.8, 4) is 0 Å². The van der Waals surface area contributed by atoms with Crippen molar-refractivity contribution in [2.75, 3.05) is 19.4 Å². The Bertz CT molecular complexity index is 1170. The lowest BCUT2D eigenvalue weighted by Gasteiger charge is -2.23. The molecule has 3 aromatic rings. The third-order valence-corrected chi connectivity index (χ3v) is 5.34. The second-order valence-corrected chi connectivity index (χ2v) is 7.47. The molecule has 0 bridgehead atoms. The summed E-state index contributed by atoms with van der Waals surface area (Å²) in [4.78, 5) is 40.3. The third kappa shape index (κ3) is 5.33. The highest BCUT2D eigenvalue weighted by Gasteiger charge is 2.21. The van der Waals surface area contributed by atoms with Gasteiger partial charge in [-0.2, -0.15) is 0 Å². The number of carbonyl (C=O) groups excluding carboxylic acids is 1. The third-order valence-electron chi connectivity index (χ3n) is 5.34. The van der Waals surface area contributed by atoms with E-state index in [0.717, 1.165) is 15.7 Å². The zero-order valence-electron chi connectivity index (χ0n) is 18.4. The van der Waals surface area contributed by atoms with Crippen LogP contribution in [-0.4, -0.2) is 33.7 Å². The molecule has 0 fully saturated rings. The van der Waals surface area contributed by atoms with E-state index in [1.165, 1.54) is 11.7 Å². The van der Waals surface area contributed by atoms with Gasteiger partial charge < -0.3 is 10.5 Å². The molecule has 0 amide bonds. The number of anilines is 1. The first-order valence-corrected chi connectivity index (χ1v) is 10.4. The van der Waals surface area contributed by atoms with Crippen LogP contribution in [0.25, 0.3) is 0 Å². The Morgan fingerprint density at radius 1 is 0.938 bits per heavy atom. The van der Waals surface area contributed by atoms with E-state index in [1.54, 1.807) is 0 Å². The largest absolute Gasteiger partial charge is 0.468 e. The minimum absolute atomic E-state index is 0.108. The molecule has 0 aliphatic carbocycles. The molecule has 1 aromatic heterocycles. The fourth-order valence-electron chi connectivity index (χ4n) is 3.52. The SMILES string of the molecule is CCN(Cc1ccccc1)Cc1c(N)n(Cc2ccccc2)c(=O)n(CC(=O)OC)c1=O. The summed E-state index contributed by atoms with van der Waals surface area (Å²) in [6.45, 7) is 3.23. The summed E-state index contributed by atoms with van der Waals surface area (Å²) >= 11 is 0. The maximum Gasteiger partial charge on any atom is 0.333 e. The monoisotopic (exact) mass is 436 g/mol. The summed E-state index contributed by atoms with van der Waals surface area (Å²) in [5.41, 5.74) is 7.38. The molecule has 0 aliphatic heterocycles. The molecule has 0 spiro atoms. The minimum Gasteiger partial charge on any atom is -0.468 e. The Hall–Kier alpha value is -3.65. The van der Waals surface area contributed by atoms with Crippen LogP contribution in [0.1, 0.15) is 23.6 Å². The lowest BCUT2D eigenvalue weighted by molar-refractivity contribution is -0.141. The van der Waals surface area contributed by atoms with Gasteiger partial charge in [0.2, 0.25) is 0 Å². The summed E-state index contributed by atoms with van der Waals surface area (Å²) in [5, 5.41) is 0. The van der Waals surface area contributed by atoms with Gasteiger partial charge in [0, 0.05) is 13.1 Å². The molecule has 8 heteroatoms. The number of carbonyl (C=O) groups is 1. The lowest BCUT2D eigenvalue weighted by Crippen LogP contribution is -2.45. The second-order valence-electron chi connectivity index (χ2n) is 7.47. The molecule has 2 N–H and O–H groups in total. The van der Waals surface area contributed by atoms with Crippen LogP contribution in [0.3, 0.4) is 0 Å². The summed E-state index contributed by atoms with van der Waals surface area (Å²) < 4.78 is 6.92. The minimum atomic E-state index is -0.678. The maximum atomic E-state index is 13.2. The highest BCUT2D eigenvalue weighted by atomic mass is 16.5. The van der Waals surface area contributed by atoms with Gasteiger partial charge in [0.05, 0.1) is 19.2 Å². The molecular weight excluding hydrogens is 408 g/mol. The summed E-state index contributed by atoms with van der Waals surface area (Å²) in [7, 11) is 1.22. The average Bonchev–Trinajstić information content (AvgIpc) is 2.82. The molecule has 3 rings (SSSR count). The molecular formula is C24H28N4O4. The molecule has 168 valence electrons. The number of nitrogens with zero attached hydrogens (tertiary/aromatic N) is 3. The van der Waals surface area contributed by atoms with E-state index < -0.39 is 23.8 Å². The fourth-order valence-corrected chi connectivity index (χ4v) is 3.52. The Morgan fingerprint density at radius 2 is 1.53 bits per heavy atom. The van der Waals surface area contributed by atoms with Crippen molar-refractivity contribution in [1.82, 2.24) is 14.0 Å². The highest BCUT2D eigenvalue weighted by Crippen LogP contribution is 2.13. The first kappa shape index (κ1) is 23.0. The normalized spacial score (nSPS) is 11.0. The topological polar surface area (TPSA) is 99.6 Å². The van der Waals surface area contributed by atoms with Crippen LogP contribution in [0.5, 0.6) is 0 Å². The average molecular weight is 437 g/mol. The Balaban J connectivity index is 2.05. The first-order chi connectivity index (χ1) is 15.4. The maximum absolute atomic E-state index is 13.2. The number of aromatic nitrogens is 2. The Morgan fingerprint density at radius 3 is 2.09 bits per heavy atom. The molecule has 1 heterocycles. The predicted octanol–water partition coefficient (Wildman–Crippen LogP) is 1.84. The quantitative estimate of drug-likeness (QED) is 0.514. The second kappa shape index (κ2) is 10.6. The number of hydrogen-bond donors (Lipinski definition) is 1. The van der Waals surface area contributed by atoms with Gasteiger partial charge in [0.25, 0.3) is 5.56 Å². The number of benzene rings is 2. The molecule has 0 atom stereocenters. The van der Waals surface area contributed by atoms with Crippen LogP contribution in [0.4, 0.5) is 5.82 Å². The van der Waals surface area contributed by atoms with Gasteiger partial charge in [-0.25, -0.2) is 9.36 Å². The van der Waals surface area contributed by atoms with Crippen LogP contribution in [0, 0.1) is 0 Å². The summed E-state index contributed by atoms with van der Waals surface area (Å²) in [5.74, 6) is -0.570. The first-order valence-electron chi connectivity index (χ1n) is 10.4. The molecule has 32 heavy (non-hydrogen) atoms. The number of ether oxygens (including phenoxy) is 1. The van der Waals surface area contributed by atoms with Crippen molar-refractivity contribution in [2.45, 2.75) is 33.1 Å². The molecule has 0 saturated heterocycles. The van der Waals surface area contributed by atoms with E-state index in [0.29, 0.717) is 13.1 Å². The van der Waals surface area contributed by atoms with Crippen molar-refractivity contribution in [2.24, 2.45) is 0 Å². The fraction of sp³-hybridized carbons (Fsp3) is 0.292. The van der Waals surface area contributed by atoms with Crippen LogP contribution in [-0.2, 0) is 35.7 Å². The number of nitrogens with two attached hydrogens (primary N) is 1. The number of nitrogen functional groups attached to an aromatic ring is 1. The van der Waals surface area contributed by atoms with Crippen molar-refractivity contribution in [3.63, 3.8) is 0 Å². The smallest absolute Gasteiger partial charge is 0.333 e. The van der Waals surface area contributed by atoms with Gasteiger partial charge in [-0.05, 0) is 17.7 Å². The highest BCUT2D eigenvalue weighted by molar-refractivity contribution is 5.69. The Labute approximate surface area is 186 Å². The van der Waals surface area contributed by atoms with E-state index in [1.807, 2.05) is 67.6 Å². The lowest BCUT2D eigenvalue weighted by atomic mass is 10.2. The molecule has 2 aromatic carbocycles. The van der Waals surface area contributed by atoms with Gasteiger partial charge in [-0.1, -0.05) is 67.6 Å². The molecule has 0 saturated carbocycles. The van der Waals surface area contributed by atoms with Gasteiger partial charge in [-0.15, -0.1) is 0 Å². The summed E-state index contributed by atoms with van der Waals surface area (Å²) in [6, 6.07) is 19.2. The van der Waals surface area contributed by atoms with Gasteiger partial charge in [0.1, 0.15) is 12.4 Å². The van der Waals surface area contributed by atoms with Crippen LogP contribution in [0.15, 0.2) is 70.3 Å². The predicted molar refractivity (Wildman–Crippen MR) is 123 cm³/mol. The van der Waals surface area contributed by atoms with Gasteiger partial charge >= 0.3 is 11.7 Å². The van der Waals surface area contributed by atoms with E-state index in [9.17, 15) is 14.4 Å². The van der Waals surface area contributed by atoms with Gasteiger partial charge in [-0.3, -0.25) is 19.1 Å². The van der Waals surface area contributed by atoms with E-state index in [-0.39, 0.29) is 24.5 Å². The number of hydrogen-bond acceptors (Lipinski definition) is 6. The number of rotatable bonds is 9. The standard InChI is InChI=1S/C24H28N4O4/c1-3-26(14-18-10-6-4-7-11-18)16-20-22(25)27(15-19-12-8-5-9-13-19)24(31)28(23(20)30)17-21(29)32-2/h4-13H,3,14-17,25H2,1-2H3. The van der Waals surface area contributed by atoms with Crippen molar-refractivity contribution < 1.29 is 9.53 Å². The zero-order valence-corrected chi connectivity index (χ0v) is 18.4. The van der Waals surface area contributed by atoms with Crippen molar-refractivity contribution >= 4 is 11.8 Å². The van der Waals surface area contributed by atoms with Crippen LogP contribution >= 0.6 is 0 Å². The number of esters is 1. The van der Waals surface area contributed by atoms with E-state index >= 15 is 0 Å². The molecule has 0 unspecified atom stereocenters.